The first-order chi connectivity index (χ1) is 16.9. The average molecular weight is 493 g/mol. The van der Waals surface area contributed by atoms with Gasteiger partial charge in [-0.2, -0.15) is 0 Å². The summed E-state index contributed by atoms with van der Waals surface area (Å²) in [6, 6.07) is 8.37. The molecule has 0 saturated carbocycles. The number of fused-ring (bicyclic) bond motifs is 1. The van der Waals surface area contributed by atoms with E-state index in [0.29, 0.717) is 50.8 Å². The van der Waals surface area contributed by atoms with Crippen molar-refractivity contribution in [3.05, 3.63) is 84.8 Å². The van der Waals surface area contributed by atoms with Gasteiger partial charge in [-0.15, -0.1) is 0 Å². The molecule has 0 spiro atoms. The van der Waals surface area contributed by atoms with Gasteiger partial charge in [-0.25, -0.2) is 4.99 Å². The molecule has 0 radical (unpaired) electrons. The lowest BCUT2D eigenvalue weighted by Gasteiger charge is -2.30. The first-order valence-corrected chi connectivity index (χ1v) is 12.2. The van der Waals surface area contributed by atoms with Gasteiger partial charge in [0.05, 0.1) is 30.0 Å². The summed E-state index contributed by atoms with van der Waals surface area (Å²) in [5.74, 6) is 0.993. The van der Waals surface area contributed by atoms with Crippen LogP contribution in [0.2, 0.25) is 0 Å². The summed E-state index contributed by atoms with van der Waals surface area (Å²) in [6.45, 7) is 6.76. The third-order valence-electron chi connectivity index (χ3n) is 6.02. The van der Waals surface area contributed by atoms with E-state index in [1.165, 1.54) is 11.3 Å². The molecule has 2 aromatic heterocycles. The van der Waals surface area contributed by atoms with Crippen molar-refractivity contribution in [3.63, 3.8) is 0 Å². The van der Waals surface area contributed by atoms with Gasteiger partial charge >= 0.3 is 0 Å². The van der Waals surface area contributed by atoms with Crippen molar-refractivity contribution >= 4 is 23.3 Å². The highest BCUT2D eigenvalue weighted by molar-refractivity contribution is 7.07. The van der Waals surface area contributed by atoms with Crippen molar-refractivity contribution < 1.29 is 14.3 Å². The average Bonchev–Trinajstić information content (AvgIpc) is 3.18. The van der Waals surface area contributed by atoms with Crippen LogP contribution in [-0.4, -0.2) is 47.7 Å². The summed E-state index contributed by atoms with van der Waals surface area (Å²) in [6.07, 6.45) is 5.17. The Kier molecular flexibility index (Phi) is 7.16. The molecule has 0 unspecified atom stereocenters. The number of likely N-dealkylation sites (N-methyl/N-ethyl adjacent to an activating group) is 1. The molecular formula is C26H28N4O4S. The van der Waals surface area contributed by atoms with Crippen molar-refractivity contribution in [1.29, 1.82) is 0 Å². The fraction of sp³-hybridized carbons (Fsp3) is 0.308. The number of ether oxygens (including phenoxy) is 2. The maximum atomic E-state index is 13.8. The predicted octanol–water partition coefficient (Wildman–Crippen LogP) is 2.52. The maximum Gasteiger partial charge on any atom is 0.271 e. The predicted molar refractivity (Wildman–Crippen MR) is 135 cm³/mol. The number of hydrogen-bond donors (Lipinski definition) is 0. The molecule has 1 aromatic carbocycles. The molecular weight excluding hydrogens is 464 g/mol. The second kappa shape index (κ2) is 10.3. The van der Waals surface area contributed by atoms with Crippen LogP contribution >= 0.6 is 11.3 Å². The molecule has 1 atom stereocenters. The van der Waals surface area contributed by atoms with Crippen LogP contribution in [0.25, 0.3) is 6.08 Å². The SMILES string of the molecule is CCN(CC)C(=O)C1=C(C)N=c2s/c(=C/c3cccnc3)c(=O)n2[C@@H]1c1cc(OC)ccc1OC. The van der Waals surface area contributed by atoms with Crippen LogP contribution < -0.4 is 24.4 Å². The molecule has 1 amide bonds. The Morgan fingerprint density at radius 1 is 1.20 bits per heavy atom. The smallest absolute Gasteiger partial charge is 0.271 e. The molecule has 9 heteroatoms. The molecule has 0 N–H and O–H groups in total. The highest BCUT2D eigenvalue weighted by Crippen LogP contribution is 2.38. The van der Waals surface area contributed by atoms with Crippen LogP contribution in [0, 0.1) is 0 Å². The van der Waals surface area contributed by atoms with Gasteiger partial charge in [0.2, 0.25) is 0 Å². The molecule has 8 nitrogen and oxygen atoms in total. The molecule has 1 aliphatic heterocycles. The number of allylic oxidation sites excluding steroid dienone is 1. The molecule has 1 aliphatic rings. The Hall–Kier alpha value is -3.72. The second-order valence-corrected chi connectivity index (χ2v) is 8.96. The summed E-state index contributed by atoms with van der Waals surface area (Å²) in [4.78, 5) is 38.6. The number of pyridine rings is 1. The molecule has 182 valence electrons. The lowest BCUT2D eigenvalue weighted by molar-refractivity contribution is -0.127. The van der Waals surface area contributed by atoms with Crippen molar-refractivity contribution in [3.8, 4) is 11.5 Å². The number of carbonyl (C=O) groups is 1. The standard InChI is InChI=1S/C26H28N4O4S/c1-6-29(7-2)25(32)22-16(3)28-26-30(23(22)19-14-18(33-4)10-11-20(19)34-5)24(31)21(35-26)13-17-9-8-12-27-15-17/h8-15,23H,6-7H2,1-5H3/b21-13+/t23-/m1/s1. The van der Waals surface area contributed by atoms with Gasteiger partial charge in [0, 0.05) is 31.0 Å². The van der Waals surface area contributed by atoms with E-state index in [1.54, 1.807) is 54.3 Å². The minimum absolute atomic E-state index is 0.160. The molecule has 3 aromatic rings. The molecule has 0 saturated heterocycles. The number of amides is 1. The Morgan fingerprint density at radius 3 is 2.60 bits per heavy atom. The van der Waals surface area contributed by atoms with Crippen molar-refractivity contribution in [2.45, 2.75) is 26.8 Å². The summed E-state index contributed by atoms with van der Waals surface area (Å²) < 4.78 is 13.2. The summed E-state index contributed by atoms with van der Waals surface area (Å²) in [5, 5.41) is 0. The van der Waals surface area contributed by atoms with E-state index in [4.69, 9.17) is 14.5 Å². The number of methoxy groups -OCH3 is 2. The fourth-order valence-electron chi connectivity index (χ4n) is 4.24. The van der Waals surface area contributed by atoms with Crippen molar-refractivity contribution in [1.82, 2.24) is 14.5 Å². The van der Waals surface area contributed by atoms with E-state index in [0.717, 1.165) is 5.56 Å². The zero-order valence-corrected chi connectivity index (χ0v) is 21.3. The number of nitrogens with zero attached hydrogens (tertiary/aromatic N) is 4. The monoisotopic (exact) mass is 492 g/mol. The van der Waals surface area contributed by atoms with Crippen LogP contribution in [0.5, 0.6) is 11.5 Å². The van der Waals surface area contributed by atoms with Crippen LogP contribution in [0.3, 0.4) is 0 Å². The molecule has 0 aliphatic carbocycles. The van der Waals surface area contributed by atoms with E-state index in [9.17, 15) is 9.59 Å². The van der Waals surface area contributed by atoms with Gasteiger partial charge < -0.3 is 14.4 Å². The van der Waals surface area contributed by atoms with E-state index < -0.39 is 6.04 Å². The first-order valence-electron chi connectivity index (χ1n) is 11.4. The number of hydrogen-bond acceptors (Lipinski definition) is 7. The van der Waals surface area contributed by atoms with E-state index >= 15 is 0 Å². The number of thiazole rings is 1. The maximum absolute atomic E-state index is 13.8. The molecule has 4 rings (SSSR count). The molecule has 0 fully saturated rings. The van der Waals surface area contributed by atoms with E-state index in [-0.39, 0.29) is 11.5 Å². The highest BCUT2D eigenvalue weighted by Gasteiger charge is 2.36. The lowest BCUT2D eigenvalue weighted by Crippen LogP contribution is -2.43. The fourth-order valence-corrected chi connectivity index (χ4v) is 5.28. The normalized spacial score (nSPS) is 15.5. The number of carbonyl (C=O) groups excluding carboxylic acids is 1. The summed E-state index contributed by atoms with van der Waals surface area (Å²) in [7, 11) is 3.15. The van der Waals surface area contributed by atoms with Gasteiger partial charge in [0.15, 0.2) is 4.80 Å². The van der Waals surface area contributed by atoms with E-state index in [1.807, 2.05) is 39.0 Å². The minimum atomic E-state index is -0.722. The largest absolute Gasteiger partial charge is 0.497 e. The highest BCUT2D eigenvalue weighted by atomic mass is 32.1. The summed E-state index contributed by atoms with van der Waals surface area (Å²) >= 11 is 1.29. The van der Waals surface area contributed by atoms with Gasteiger partial charge in [-0.1, -0.05) is 17.4 Å². The van der Waals surface area contributed by atoms with Crippen LogP contribution in [-0.2, 0) is 4.79 Å². The van der Waals surface area contributed by atoms with Crippen LogP contribution in [0.4, 0.5) is 0 Å². The van der Waals surface area contributed by atoms with Crippen LogP contribution in [0.1, 0.15) is 37.9 Å². The Balaban J connectivity index is 2.03. The molecule has 35 heavy (non-hydrogen) atoms. The lowest BCUT2D eigenvalue weighted by atomic mass is 9.93. The quantitative estimate of drug-likeness (QED) is 0.506. The second-order valence-electron chi connectivity index (χ2n) is 7.95. The zero-order valence-electron chi connectivity index (χ0n) is 20.4. The summed E-state index contributed by atoms with van der Waals surface area (Å²) in [5.41, 5.74) is 2.26. The van der Waals surface area contributed by atoms with Crippen molar-refractivity contribution in [2.75, 3.05) is 27.3 Å². The van der Waals surface area contributed by atoms with Crippen LogP contribution in [0.15, 0.2) is 63.8 Å². The van der Waals surface area contributed by atoms with Crippen molar-refractivity contribution in [2.24, 2.45) is 4.99 Å². The number of benzene rings is 1. The Bertz CT molecular complexity index is 1450. The Labute approximate surface area is 207 Å². The number of aromatic nitrogens is 2. The van der Waals surface area contributed by atoms with Gasteiger partial charge in [-0.05, 0) is 56.7 Å². The van der Waals surface area contributed by atoms with E-state index in [2.05, 4.69) is 4.98 Å². The third-order valence-corrected chi connectivity index (χ3v) is 7.00. The zero-order chi connectivity index (χ0) is 25.1. The topological polar surface area (TPSA) is 86.0 Å². The molecule has 0 bridgehead atoms. The van der Waals surface area contributed by atoms with Gasteiger partial charge in [0.1, 0.15) is 17.5 Å². The minimum Gasteiger partial charge on any atom is -0.497 e. The Morgan fingerprint density at radius 2 is 1.97 bits per heavy atom. The van der Waals surface area contributed by atoms with Gasteiger partial charge in [0.25, 0.3) is 11.5 Å². The third kappa shape index (κ3) is 4.51. The molecule has 3 heterocycles. The van der Waals surface area contributed by atoms with Gasteiger partial charge in [-0.3, -0.25) is 19.1 Å². The first kappa shape index (κ1) is 24.4. The number of rotatable bonds is 7.